The molecule has 0 aromatic carbocycles. The van der Waals surface area contributed by atoms with Crippen molar-refractivity contribution in [3.8, 4) is 0 Å². The molecule has 0 aliphatic heterocycles. The van der Waals surface area contributed by atoms with E-state index in [2.05, 4.69) is 41.5 Å². The van der Waals surface area contributed by atoms with Crippen LogP contribution in [0.2, 0.25) is 5.04 Å². The first-order chi connectivity index (χ1) is 10.5. The molecule has 0 radical (unpaired) electrons. The van der Waals surface area contributed by atoms with Crippen LogP contribution in [0.5, 0.6) is 0 Å². The Morgan fingerprint density at radius 2 is 1.00 bits per heavy atom. The van der Waals surface area contributed by atoms with Crippen molar-refractivity contribution in [3.63, 3.8) is 0 Å². The van der Waals surface area contributed by atoms with E-state index in [1.807, 2.05) is 0 Å². The van der Waals surface area contributed by atoms with Gasteiger partial charge in [-0.3, -0.25) is 0 Å². The highest BCUT2D eigenvalue weighted by Crippen LogP contribution is 2.44. The Hall–Kier alpha value is 0.0969. The van der Waals surface area contributed by atoms with Crippen LogP contribution in [0.1, 0.15) is 92.9 Å². The fraction of sp³-hybridized carbons (Fsp3) is 1.00. The second-order valence-electron chi connectivity index (χ2n) is 6.80. The summed E-state index contributed by atoms with van der Waals surface area (Å²) in [5.74, 6) is 0. The summed E-state index contributed by atoms with van der Waals surface area (Å²) in [6.45, 7) is 15.6. The molecule has 3 nitrogen and oxygen atoms in total. The lowest BCUT2D eigenvalue weighted by Crippen LogP contribution is -2.55. The maximum atomic E-state index is 6.38. The fourth-order valence-corrected chi connectivity index (χ4v) is 5.76. The molecule has 0 saturated carbocycles. The van der Waals surface area contributed by atoms with E-state index in [4.69, 9.17) is 13.3 Å². The molecule has 0 N–H and O–H groups in total. The van der Waals surface area contributed by atoms with Crippen molar-refractivity contribution in [2.75, 3.05) is 19.8 Å². The summed E-state index contributed by atoms with van der Waals surface area (Å²) in [5, 5.41) is -0.0169. The highest BCUT2D eigenvalue weighted by molar-refractivity contribution is 6.64. The Balaban J connectivity index is 5.08. The minimum Gasteiger partial charge on any atom is -0.373 e. The van der Waals surface area contributed by atoms with Crippen LogP contribution in [0.15, 0.2) is 0 Å². The van der Waals surface area contributed by atoms with Gasteiger partial charge in [-0.15, -0.1) is 0 Å². The summed E-state index contributed by atoms with van der Waals surface area (Å²) < 4.78 is 19.1. The fourth-order valence-electron chi connectivity index (χ4n) is 2.54. The highest BCUT2D eigenvalue weighted by atomic mass is 28.4. The van der Waals surface area contributed by atoms with Gasteiger partial charge in [-0.2, -0.15) is 0 Å². The molecule has 4 heteroatoms. The van der Waals surface area contributed by atoms with Crippen LogP contribution in [0.25, 0.3) is 0 Å². The van der Waals surface area contributed by atoms with Gasteiger partial charge in [0.1, 0.15) is 0 Å². The Bertz CT molecular complexity index is 230. The zero-order valence-electron chi connectivity index (χ0n) is 16.0. The average molecular weight is 333 g/mol. The second-order valence-corrected chi connectivity index (χ2v) is 10.1. The van der Waals surface area contributed by atoms with Crippen LogP contribution in [0, 0.1) is 0 Å². The smallest absolute Gasteiger partial charge is 0.373 e. The van der Waals surface area contributed by atoms with Gasteiger partial charge in [-0.1, -0.05) is 67.2 Å². The predicted molar refractivity (Wildman–Crippen MR) is 97.3 cm³/mol. The molecule has 0 aromatic heterocycles. The van der Waals surface area contributed by atoms with Crippen molar-refractivity contribution < 1.29 is 13.3 Å². The third-order valence-corrected chi connectivity index (χ3v) is 7.73. The van der Waals surface area contributed by atoms with Crippen molar-refractivity contribution in [2.45, 2.75) is 97.9 Å². The minimum atomic E-state index is -2.66. The van der Waals surface area contributed by atoms with Gasteiger partial charge >= 0.3 is 8.80 Å². The zero-order valence-corrected chi connectivity index (χ0v) is 17.0. The van der Waals surface area contributed by atoms with Gasteiger partial charge in [-0.25, -0.2) is 0 Å². The summed E-state index contributed by atoms with van der Waals surface area (Å²) in [4.78, 5) is 0. The number of rotatable bonds is 15. The van der Waals surface area contributed by atoms with Gasteiger partial charge in [0.25, 0.3) is 0 Å². The summed E-state index contributed by atoms with van der Waals surface area (Å²) in [7, 11) is -2.66. The monoisotopic (exact) mass is 332 g/mol. The van der Waals surface area contributed by atoms with Gasteiger partial charge in [-0.05, 0) is 25.7 Å². The maximum Gasteiger partial charge on any atom is 0.506 e. The number of hydrogen-bond acceptors (Lipinski definition) is 3. The SMILES string of the molecule is CCCCO[Si](OCCCC)(OCCCC)C(C)(C)CCC. The van der Waals surface area contributed by atoms with Gasteiger partial charge in [0.15, 0.2) is 0 Å². The quantitative estimate of drug-likeness (QED) is 0.274. The molecule has 0 unspecified atom stereocenters. The van der Waals surface area contributed by atoms with Crippen LogP contribution >= 0.6 is 0 Å². The summed E-state index contributed by atoms with van der Waals surface area (Å²) >= 11 is 0. The van der Waals surface area contributed by atoms with E-state index in [0.717, 1.165) is 71.2 Å². The first-order valence-corrected chi connectivity index (χ1v) is 11.1. The van der Waals surface area contributed by atoms with Crippen molar-refractivity contribution >= 4 is 8.80 Å². The molecule has 0 aliphatic rings. The molecule has 134 valence electrons. The van der Waals surface area contributed by atoms with Crippen molar-refractivity contribution in [3.05, 3.63) is 0 Å². The highest BCUT2D eigenvalue weighted by Gasteiger charge is 2.55. The van der Waals surface area contributed by atoms with Crippen molar-refractivity contribution in [2.24, 2.45) is 0 Å². The predicted octanol–water partition coefficient (Wildman–Crippen LogP) is 5.96. The topological polar surface area (TPSA) is 27.7 Å². The Morgan fingerprint density at radius 1 is 0.636 bits per heavy atom. The lowest BCUT2D eigenvalue weighted by atomic mass is 10.1. The lowest BCUT2D eigenvalue weighted by Gasteiger charge is -2.41. The summed E-state index contributed by atoms with van der Waals surface area (Å²) in [6, 6.07) is 0. The van der Waals surface area contributed by atoms with Gasteiger partial charge in [0, 0.05) is 24.9 Å². The van der Waals surface area contributed by atoms with Crippen LogP contribution in [-0.4, -0.2) is 28.6 Å². The van der Waals surface area contributed by atoms with E-state index in [-0.39, 0.29) is 5.04 Å². The van der Waals surface area contributed by atoms with E-state index in [1.165, 1.54) is 0 Å². The maximum absolute atomic E-state index is 6.38. The van der Waals surface area contributed by atoms with Crippen LogP contribution in [0.4, 0.5) is 0 Å². The Labute approximate surface area is 140 Å². The number of hydrogen-bond donors (Lipinski definition) is 0. The molecule has 0 spiro atoms. The van der Waals surface area contributed by atoms with E-state index >= 15 is 0 Å². The van der Waals surface area contributed by atoms with E-state index < -0.39 is 8.80 Å². The van der Waals surface area contributed by atoms with Gasteiger partial charge < -0.3 is 13.3 Å². The molecule has 0 fully saturated rings. The summed E-state index contributed by atoms with van der Waals surface area (Å²) in [5.41, 5.74) is 0. The molecular weight excluding hydrogens is 292 g/mol. The van der Waals surface area contributed by atoms with E-state index in [9.17, 15) is 0 Å². The molecule has 0 rings (SSSR count). The standard InChI is InChI=1S/C18H40O3Si/c1-7-11-15-19-22(20-16-12-8-2,21-17-13-9-3)18(5,6)14-10-4/h7-17H2,1-6H3. The second kappa shape index (κ2) is 12.5. The largest absolute Gasteiger partial charge is 0.506 e. The molecule has 0 amide bonds. The van der Waals surface area contributed by atoms with E-state index in [1.54, 1.807) is 0 Å². The molecule has 0 aromatic rings. The molecule has 0 bridgehead atoms. The lowest BCUT2D eigenvalue weighted by molar-refractivity contribution is 0.0331. The molecular formula is C18H40O3Si. The van der Waals surface area contributed by atoms with Crippen LogP contribution < -0.4 is 0 Å². The van der Waals surface area contributed by atoms with Crippen molar-refractivity contribution in [1.29, 1.82) is 0 Å². The normalized spacial score (nSPS) is 12.8. The van der Waals surface area contributed by atoms with E-state index in [0.29, 0.717) is 0 Å². The molecule has 0 aliphatic carbocycles. The van der Waals surface area contributed by atoms with Crippen LogP contribution in [0.3, 0.4) is 0 Å². The molecule has 22 heavy (non-hydrogen) atoms. The number of unbranched alkanes of at least 4 members (excludes halogenated alkanes) is 3. The molecule has 0 saturated heterocycles. The average Bonchev–Trinajstić information content (AvgIpc) is 2.47. The zero-order chi connectivity index (χ0) is 16.9. The Morgan fingerprint density at radius 3 is 1.27 bits per heavy atom. The van der Waals surface area contributed by atoms with Gasteiger partial charge in [0.05, 0.1) is 0 Å². The van der Waals surface area contributed by atoms with Crippen LogP contribution in [-0.2, 0) is 13.3 Å². The third kappa shape index (κ3) is 7.58. The van der Waals surface area contributed by atoms with Crippen molar-refractivity contribution in [1.82, 2.24) is 0 Å². The molecule has 0 atom stereocenters. The van der Waals surface area contributed by atoms with Gasteiger partial charge in [0.2, 0.25) is 0 Å². The Kier molecular flexibility index (Phi) is 12.6. The minimum absolute atomic E-state index is 0.0169. The third-order valence-electron chi connectivity index (χ3n) is 4.07. The first-order valence-electron chi connectivity index (χ1n) is 9.41. The molecule has 0 heterocycles. The first kappa shape index (κ1) is 22.1. The summed E-state index contributed by atoms with van der Waals surface area (Å²) in [6.07, 6.45) is 8.87.